The van der Waals surface area contributed by atoms with Gasteiger partial charge in [-0.05, 0) is 31.0 Å². The monoisotopic (exact) mass is 254 g/mol. The van der Waals surface area contributed by atoms with Crippen LogP contribution in [-0.4, -0.2) is 25.7 Å². The highest BCUT2D eigenvalue weighted by atomic mass is 19.1. The van der Waals surface area contributed by atoms with Gasteiger partial charge in [0.25, 0.3) is 0 Å². The van der Waals surface area contributed by atoms with Gasteiger partial charge in [0.05, 0.1) is 5.69 Å². The molecule has 0 bridgehead atoms. The predicted octanol–water partition coefficient (Wildman–Crippen LogP) is 2.79. The van der Waals surface area contributed by atoms with E-state index in [0.29, 0.717) is 17.6 Å². The molecular formula is C14H20F2N2. The Balaban J connectivity index is 2.16. The van der Waals surface area contributed by atoms with Crippen LogP contribution >= 0.6 is 0 Å². The summed E-state index contributed by atoms with van der Waals surface area (Å²) in [6.07, 6.45) is 1.10. The summed E-state index contributed by atoms with van der Waals surface area (Å²) < 4.78 is 26.7. The van der Waals surface area contributed by atoms with E-state index in [2.05, 4.69) is 19.2 Å². The van der Waals surface area contributed by atoms with Crippen molar-refractivity contribution in [2.45, 2.75) is 26.3 Å². The molecule has 1 aromatic carbocycles. The predicted molar refractivity (Wildman–Crippen MR) is 69.8 cm³/mol. The fraction of sp³-hybridized carbons (Fsp3) is 0.571. The molecule has 2 unspecified atom stereocenters. The molecular weight excluding hydrogens is 234 g/mol. The third-order valence-corrected chi connectivity index (χ3v) is 3.40. The molecule has 1 aliphatic heterocycles. The number of nitrogens with one attached hydrogen (secondary N) is 1. The Kier molecular flexibility index (Phi) is 4.17. The summed E-state index contributed by atoms with van der Waals surface area (Å²) in [5.74, 6) is -0.490. The molecule has 4 heteroatoms. The van der Waals surface area contributed by atoms with Crippen LogP contribution in [0.3, 0.4) is 0 Å². The Morgan fingerprint density at radius 1 is 1.33 bits per heavy atom. The van der Waals surface area contributed by atoms with E-state index in [1.54, 1.807) is 0 Å². The lowest BCUT2D eigenvalue weighted by Gasteiger charge is -2.38. The Morgan fingerprint density at radius 2 is 2.11 bits per heavy atom. The van der Waals surface area contributed by atoms with Crippen molar-refractivity contribution < 1.29 is 8.78 Å². The number of benzene rings is 1. The fourth-order valence-corrected chi connectivity index (χ4v) is 2.72. The van der Waals surface area contributed by atoms with Crippen LogP contribution in [0.4, 0.5) is 14.5 Å². The Hall–Kier alpha value is -1.16. The molecule has 0 radical (unpaired) electrons. The number of hydrogen-bond donors (Lipinski definition) is 1. The standard InChI is InChI=1S/C14H20F2N2/c1-3-17-12-6-10(2)8-18(9-12)14-5-4-11(15)7-13(14)16/h4-5,7,10,12,17H,3,6,8-9H2,1-2H3. The summed E-state index contributed by atoms with van der Waals surface area (Å²) in [6, 6.07) is 4.19. The average Bonchev–Trinajstić information content (AvgIpc) is 2.28. The molecule has 1 heterocycles. The quantitative estimate of drug-likeness (QED) is 0.892. The van der Waals surface area contributed by atoms with Gasteiger partial charge in [-0.2, -0.15) is 0 Å². The van der Waals surface area contributed by atoms with Crippen molar-refractivity contribution in [1.29, 1.82) is 0 Å². The maximum atomic E-state index is 13.8. The molecule has 1 N–H and O–H groups in total. The van der Waals surface area contributed by atoms with Crippen LogP contribution in [0, 0.1) is 17.6 Å². The van der Waals surface area contributed by atoms with Gasteiger partial charge in [-0.15, -0.1) is 0 Å². The normalized spacial score (nSPS) is 24.3. The van der Waals surface area contributed by atoms with Gasteiger partial charge in [0, 0.05) is 25.2 Å². The summed E-state index contributed by atoms with van der Waals surface area (Å²) >= 11 is 0. The topological polar surface area (TPSA) is 15.3 Å². The maximum absolute atomic E-state index is 13.8. The van der Waals surface area contributed by atoms with Crippen LogP contribution < -0.4 is 10.2 Å². The van der Waals surface area contributed by atoms with E-state index in [1.807, 2.05) is 4.90 Å². The molecule has 100 valence electrons. The van der Waals surface area contributed by atoms with Crippen LogP contribution in [-0.2, 0) is 0 Å². The molecule has 2 nitrogen and oxygen atoms in total. The van der Waals surface area contributed by atoms with E-state index in [0.717, 1.165) is 32.1 Å². The lowest BCUT2D eigenvalue weighted by atomic mass is 9.95. The first kappa shape index (κ1) is 13.3. The largest absolute Gasteiger partial charge is 0.367 e. The number of nitrogens with zero attached hydrogens (tertiary/aromatic N) is 1. The van der Waals surface area contributed by atoms with Crippen LogP contribution in [0.1, 0.15) is 20.3 Å². The van der Waals surface area contributed by atoms with Gasteiger partial charge in [0.2, 0.25) is 0 Å². The van der Waals surface area contributed by atoms with E-state index in [4.69, 9.17) is 0 Å². The first-order chi connectivity index (χ1) is 8.60. The highest BCUT2D eigenvalue weighted by Gasteiger charge is 2.25. The number of piperidine rings is 1. The van der Waals surface area contributed by atoms with Gasteiger partial charge in [-0.3, -0.25) is 0 Å². The molecule has 1 aliphatic rings. The Labute approximate surface area is 107 Å². The van der Waals surface area contributed by atoms with Gasteiger partial charge >= 0.3 is 0 Å². The van der Waals surface area contributed by atoms with Crippen molar-refractivity contribution >= 4 is 5.69 Å². The highest BCUT2D eigenvalue weighted by Crippen LogP contribution is 2.26. The maximum Gasteiger partial charge on any atom is 0.149 e. The molecule has 1 fully saturated rings. The zero-order valence-corrected chi connectivity index (χ0v) is 10.9. The third kappa shape index (κ3) is 2.99. The van der Waals surface area contributed by atoms with E-state index in [9.17, 15) is 8.78 Å². The Bertz CT molecular complexity index is 409. The van der Waals surface area contributed by atoms with Gasteiger partial charge in [0.1, 0.15) is 11.6 Å². The van der Waals surface area contributed by atoms with Crippen molar-refractivity contribution in [3.8, 4) is 0 Å². The minimum absolute atomic E-state index is 0.378. The van der Waals surface area contributed by atoms with Crippen molar-refractivity contribution in [2.75, 3.05) is 24.5 Å². The molecule has 0 spiro atoms. The third-order valence-electron chi connectivity index (χ3n) is 3.40. The number of rotatable bonds is 3. The van der Waals surface area contributed by atoms with Crippen LogP contribution in [0.5, 0.6) is 0 Å². The number of halogens is 2. The molecule has 0 aliphatic carbocycles. The second kappa shape index (κ2) is 5.65. The average molecular weight is 254 g/mol. The molecule has 0 saturated carbocycles. The van der Waals surface area contributed by atoms with Gasteiger partial charge in [0.15, 0.2) is 0 Å². The summed E-state index contributed by atoms with van der Waals surface area (Å²) in [6.45, 7) is 6.75. The number of likely N-dealkylation sites (N-methyl/N-ethyl adjacent to an activating group) is 1. The smallest absolute Gasteiger partial charge is 0.149 e. The lowest BCUT2D eigenvalue weighted by Crippen LogP contribution is -2.49. The van der Waals surface area contributed by atoms with Gasteiger partial charge in [-0.1, -0.05) is 13.8 Å². The first-order valence-electron chi connectivity index (χ1n) is 6.53. The van der Waals surface area contributed by atoms with E-state index in [-0.39, 0.29) is 0 Å². The summed E-state index contributed by atoms with van der Waals surface area (Å²) in [4.78, 5) is 2.01. The lowest BCUT2D eigenvalue weighted by molar-refractivity contribution is 0.353. The zero-order chi connectivity index (χ0) is 13.1. The molecule has 0 aromatic heterocycles. The Morgan fingerprint density at radius 3 is 2.78 bits per heavy atom. The molecule has 1 saturated heterocycles. The second-order valence-electron chi connectivity index (χ2n) is 5.10. The molecule has 1 aromatic rings. The fourth-order valence-electron chi connectivity index (χ4n) is 2.72. The zero-order valence-electron chi connectivity index (χ0n) is 10.9. The van der Waals surface area contributed by atoms with Crippen molar-refractivity contribution in [2.24, 2.45) is 5.92 Å². The minimum atomic E-state index is -0.524. The molecule has 18 heavy (non-hydrogen) atoms. The molecule has 2 atom stereocenters. The minimum Gasteiger partial charge on any atom is -0.367 e. The van der Waals surface area contributed by atoms with Crippen molar-refractivity contribution in [3.05, 3.63) is 29.8 Å². The summed E-state index contributed by atoms with van der Waals surface area (Å²) in [5, 5.41) is 3.41. The number of anilines is 1. The summed E-state index contributed by atoms with van der Waals surface area (Å²) in [7, 11) is 0. The van der Waals surface area contributed by atoms with Gasteiger partial charge in [-0.25, -0.2) is 8.78 Å². The SMILES string of the molecule is CCNC1CC(C)CN(c2ccc(F)cc2F)C1. The van der Waals surface area contributed by atoms with Gasteiger partial charge < -0.3 is 10.2 Å². The van der Waals surface area contributed by atoms with Crippen molar-refractivity contribution in [3.63, 3.8) is 0 Å². The van der Waals surface area contributed by atoms with Crippen LogP contribution in [0.2, 0.25) is 0 Å². The molecule has 0 amide bonds. The van der Waals surface area contributed by atoms with E-state index in [1.165, 1.54) is 12.1 Å². The molecule has 2 rings (SSSR count). The summed E-state index contributed by atoms with van der Waals surface area (Å²) in [5.41, 5.74) is 0.505. The highest BCUT2D eigenvalue weighted by molar-refractivity contribution is 5.48. The van der Waals surface area contributed by atoms with E-state index >= 15 is 0 Å². The first-order valence-corrected chi connectivity index (χ1v) is 6.53. The van der Waals surface area contributed by atoms with Crippen molar-refractivity contribution in [1.82, 2.24) is 5.32 Å². The second-order valence-corrected chi connectivity index (χ2v) is 5.10. The van der Waals surface area contributed by atoms with E-state index < -0.39 is 11.6 Å². The van der Waals surface area contributed by atoms with Crippen LogP contribution in [0.25, 0.3) is 0 Å². The van der Waals surface area contributed by atoms with Crippen LogP contribution in [0.15, 0.2) is 18.2 Å². The number of hydrogen-bond acceptors (Lipinski definition) is 2.